The van der Waals surface area contributed by atoms with Crippen LogP contribution in [0, 0.1) is 6.92 Å². The van der Waals surface area contributed by atoms with Crippen molar-refractivity contribution in [3.63, 3.8) is 0 Å². The average molecular weight is 393 g/mol. The van der Waals surface area contributed by atoms with E-state index in [0.717, 1.165) is 22.4 Å². The van der Waals surface area contributed by atoms with Crippen molar-refractivity contribution in [1.82, 2.24) is 25.8 Å². The molecule has 0 spiro atoms. The average Bonchev–Trinajstić information content (AvgIpc) is 2.76. The Bertz CT molecular complexity index is 976. The van der Waals surface area contributed by atoms with Crippen LogP contribution in [0.25, 0.3) is 11.3 Å². The van der Waals surface area contributed by atoms with E-state index in [-0.39, 0.29) is 11.6 Å². The van der Waals surface area contributed by atoms with Crippen molar-refractivity contribution in [3.05, 3.63) is 65.7 Å². The van der Waals surface area contributed by atoms with Crippen LogP contribution < -0.4 is 20.3 Å². The Labute approximate surface area is 169 Å². The molecule has 0 saturated heterocycles. The molecule has 0 atom stereocenters. The highest BCUT2D eigenvalue weighted by Crippen LogP contribution is 2.18. The number of hydrogen-bond donors (Lipinski definition) is 2. The summed E-state index contributed by atoms with van der Waals surface area (Å²) in [6.45, 7) is 4.89. The summed E-state index contributed by atoms with van der Waals surface area (Å²) in [4.78, 5) is 25.1. The minimum atomic E-state index is -0.376. The summed E-state index contributed by atoms with van der Waals surface area (Å²) in [5, 5.41) is 0. The van der Waals surface area contributed by atoms with Crippen LogP contribution in [-0.4, -0.2) is 34.6 Å². The zero-order chi connectivity index (χ0) is 20.6. The van der Waals surface area contributed by atoms with Crippen molar-refractivity contribution in [2.45, 2.75) is 20.4 Å². The van der Waals surface area contributed by atoms with E-state index in [4.69, 9.17) is 9.47 Å². The number of aromatic nitrogens is 3. The zero-order valence-corrected chi connectivity index (χ0v) is 16.6. The summed E-state index contributed by atoms with van der Waals surface area (Å²) in [5.74, 6) is 0.926. The molecular formula is C21H23N5O3. The fourth-order valence-electron chi connectivity index (χ4n) is 2.63. The van der Waals surface area contributed by atoms with Crippen LogP contribution in [-0.2, 0) is 6.54 Å². The van der Waals surface area contributed by atoms with E-state index in [1.54, 1.807) is 25.6 Å². The maximum Gasteiger partial charge on any atom is 0.285 e. The summed E-state index contributed by atoms with van der Waals surface area (Å²) >= 11 is 0. The second kappa shape index (κ2) is 9.61. The van der Waals surface area contributed by atoms with Crippen molar-refractivity contribution < 1.29 is 14.3 Å². The zero-order valence-electron chi connectivity index (χ0n) is 16.6. The minimum Gasteiger partial charge on any atom is -0.497 e. The topological polar surface area (TPSA) is 98.3 Å². The molecule has 0 unspecified atom stereocenters. The second-order valence-electron chi connectivity index (χ2n) is 6.21. The number of methoxy groups -OCH3 is 1. The monoisotopic (exact) mass is 393 g/mol. The van der Waals surface area contributed by atoms with Gasteiger partial charge in [0, 0.05) is 24.4 Å². The number of carbonyl (C=O) groups is 1. The number of aryl methyl sites for hydroxylation is 1. The first-order valence-corrected chi connectivity index (χ1v) is 9.18. The number of pyridine rings is 1. The van der Waals surface area contributed by atoms with E-state index < -0.39 is 0 Å². The molecular weight excluding hydrogens is 370 g/mol. The molecule has 2 heterocycles. The lowest BCUT2D eigenvalue weighted by Crippen LogP contribution is -2.37. The van der Waals surface area contributed by atoms with E-state index in [0.29, 0.717) is 24.7 Å². The lowest BCUT2D eigenvalue weighted by Gasteiger charge is -2.11. The van der Waals surface area contributed by atoms with Gasteiger partial charge in [0.15, 0.2) is 0 Å². The lowest BCUT2D eigenvalue weighted by molar-refractivity contribution is 0.0927. The quantitative estimate of drug-likeness (QED) is 0.568. The fraction of sp³-hybridized carbons (Fsp3) is 0.238. The number of amides is 1. The maximum absolute atomic E-state index is 12.4. The van der Waals surface area contributed by atoms with E-state index >= 15 is 0 Å². The third kappa shape index (κ3) is 5.26. The van der Waals surface area contributed by atoms with Gasteiger partial charge in [-0.25, -0.2) is 15.4 Å². The highest BCUT2D eigenvalue weighted by molar-refractivity contribution is 5.92. The SMILES string of the molecule is CCOc1ccc(-c2cncc(C(=O)NNCc3cc(OC)ccc3C)n2)cn1. The molecule has 0 bridgehead atoms. The molecule has 3 rings (SSSR count). The molecule has 2 N–H and O–H groups in total. The van der Waals surface area contributed by atoms with Gasteiger partial charge in [-0.3, -0.25) is 15.2 Å². The van der Waals surface area contributed by atoms with Crippen molar-refractivity contribution in [1.29, 1.82) is 0 Å². The molecule has 0 fully saturated rings. The fourth-order valence-corrected chi connectivity index (χ4v) is 2.63. The summed E-state index contributed by atoms with van der Waals surface area (Å²) in [5.41, 5.74) is 9.18. The van der Waals surface area contributed by atoms with E-state index in [2.05, 4.69) is 25.8 Å². The molecule has 0 aliphatic carbocycles. The molecule has 0 aliphatic heterocycles. The van der Waals surface area contributed by atoms with Crippen LogP contribution in [0.2, 0.25) is 0 Å². The number of benzene rings is 1. The van der Waals surface area contributed by atoms with Crippen LogP contribution in [0.5, 0.6) is 11.6 Å². The molecule has 8 nitrogen and oxygen atoms in total. The van der Waals surface area contributed by atoms with E-state index in [1.165, 1.54) is 6.20 Å². The van der Waals surface area contributed by atoms with Crippen LogP contribution >= 0.6 is 0 Å². The molecule has 0 aliphatic rings. The van der Waals surface area contributed by atoms with Crippen LogP contribution in [0.1, 0.15) is 28.5 Å². The predicted octanol–water partition coefficient (Wildman–Crippen LogP) is 2.69. The van der Waals surface area contributed by atoms with Crippen molar-refractivity contribution in [2.24, 2.45) is 0 Å². The summed E-state index contributed by atoms with van der Waals surface area (Å²) in [7, 11) is 1.62. The summed E-state index contributed by atoms with van der Waals surface area (Å²) in [6.07, 6.45) is 4.64. The number of ether oxygens (including phenoxy) is 2. The standard InChI is InChI=1S/C21H23N5O3/c1-4-29-20-8-6-15(10-23-20)18-12-22-13-19(25-18)21(27)26-24-11-16-9-17(28-3)7-5-14(16)2/h5-10,12-13,24H,4,11H2,1-3H3,(H,26,27). The normalized spacial score (nSPS) is 10.4. The Balaban J connectivity index is 1.63. The second-order valence-corrected chi connectivity index (χ2v) is 6.21. The third-order valence-electron chi connectivity index (χ3n) is 4.23. The molecule has 29 heavy (non-hydrogen) atoms. The van der Waals surface area contributed by atoms with Gasteiger partial charge in [0.2, 0.25) is 5.88 Å². The van der Waals surface area contributed by atoms with Crippen LogP contribution in [0.4, 0.5) is 0 Å². The molecule has 1 aromatic carbocycles. The first-order chi connectivity index (χ1) is 14.1. The highest BCUT2D eigenvalue weighted by atomic mass is 16.5. The number of hydrogen-bond acceptors (Lipinski definition) is 7. The van der Waals surface area contributed by atoms with Crippen molar-refractivity contribution in [2.75, 3.05) is 13.7 Å². The van der Waals surface area contributed by atoms with E-state index in [1.807, 2.05) is 38.1 Å². The molecule has 2 aromatic heterocycles. The Morgan fingerprint density at radius 3 is 2.72 bits per heavy atom. The Morgan fingerprint density at radius 1 is 1.14 bits per heavy atom. The Morgan fingerprint density at radius 2 is 2.00 bits per heavy atom. The van der Waals surface area contributed by atoms with Crippen LogP contribution in [0.3, 0.4) is 0 Å². The number of carbonyl (C=O) groups excluding carboxylic acids is 1. The van der Waals surface area contributed by atoms with Crippen molar-refractivity contribution >= 4 is 5.91 Å². The molecule has 8 heteroatoms. The Kier molecular flexibility index (Phi) is 6.70. The van der Waals surface area contributed by atoms with Gasteiger partial charge in [-0.1, -0.05) is 6.07 Å². The lowest BCUT2D eigenvalue weighted by atomic mass is 10.1. The first-order valence-electron chi connectivity index (χ1n) is 9.18. The van der Waals surface area contributed by atoms with Gasteiger partial charge >= 0.3 is 0 Å². The van der Waals surface area contributed by atoms with Gasteiger partial charge in [-0.05, 0) is 43.2 Å². The number of nitrogens with one attached hydrogen (secondary N) is 2. The third-order valence-corrected chi connectivity index (χ3v) is 4.23. The first kappa shape index (κ1) is 20.2. The van der Waals surface area contributed by atoms with Gasteiger partial charge in [-0.15, -0.1) is 0 Å². The number of hydrazine groups is 1. The molecule has 0 radical (unpaired) electrons. The molecule has 150 valence electrons. The summed E-state index contributed by atoms with van der Waals surface area (Å²) < 4.78 is 10.6. The number of rotatable bonds is 8. The molecule has 1 amide bonds. The smallest absolute Gasteiger partial charge is 0.285 e. The molecule has 3 aromatic rings. The maximum atomic E-state index is 12.4. The summed E-state index contributed by atoms with van der Waals surface area (Å²) in [6, 6.07) is 9.37. The van der Waals surface area contributed by atoms with E-state index in [9.17, 15) is 4.79 Å². The number of nitrogens with zero attached hydrogens (tertiary/aromatic N) is 3. The van der Waals surface area contributed by atoms with Crippen LogP contribution in [0.15, 0.2) is 48.9 Å². The van der Waals surface area contributed by atoms with Gasteiger partial charge in [-0.2, -0.15) is 0 Å². The van der Waals surface area contributed by atoms with Crippen molar-refractivity contribution in [3.8, 4) is 22.9 Å². The molecule has 0 saturated carbocycles. The predicted molar refractivity (Wildman–Crippen MR) is 108 cm³/mol. The van der Waals surface area contributed by atoms with Gasteiger partial charge < -0.3 is 9.47 Å². The highest BCUT2D eigenvalue weighted by Gasteiger charge is 2.10. The Hall–Kier alpha value is -3.52. The van der Waals surface area contributed by atoms with Gasteiger partial charge in [0.05, 0.1) is 31.8 Å². The largest absolute Gasteiger partial charge is 0.497 e. The minimum absolute atomic E-state index is 0.200. The van der Waals surface area contributed by atoms with Gasteiger partial charge in [0.1, 0.15) is 11.4 Å². The van der Waals surface area contributed by atoms with Gasteiger partial charge in [0.25, 0.3) is 5.91 Å².